The quantitative estimate of drug-likeness (QED) is 0.314. The molecular formula is C25H21Br. The summed E-state index contributed by atoms with van der Waals surface area (Å²) in [5.41, 5.74) is 4.57. The fourth-order valence-corrected chi connectivity index (χ4v) is 5.32. The normalized spacial score (nSPS) is 16.7. The van der Waals surface area contributed by atoms with E-state index in [0.717, 1.165) is 5.92 Å². The van der Waals surface area contributed by atoms with Gasteiger partial charge in [-0.2, -0.15) is 0 Å². The average Bonchev–Trinajstić information content (AvgIpc) is 2.68. The summed E-state index contributed by atoms with van der Waals surface area (Å²) in [7, 11) is 0. The van der Waals surface area contributed by atoms with Gasteiger partial charge in [-0.25, -0.2) is 0 Å². The molecule has 1 heteroatoms. The Balaban J connectivity index is 1.57. The summed E-state index contributed by atoms with van der Waals surface area (Å²) in [5.74, 6) is 0.751. The van der Waals surface area contributed by atoms with Crippen LogP contribution in [0.5, 0.6) is 0 Å². The van der Waals surface area contributed by atoms with Crippen molar-refractivity contribution < 1.29 is 0 Å². The summed E-state index contributed by atoms with van der Waals surface area (Å²) in [6.45, 7) is 0. The van der Waals surface area contributed by atoms with Crippen molar-refractivity contribution in [3.63, 3.8) is 0 Å². The van der Waals surface area contributed by atoms with Crippen LogP contribution in [0.2, 0.25) is 0 Å². The van der Waals surface area contributed by atoms with E-state index < -0.39 is 0 Å². The van der Waals surface area contributed by atoms with E-state index in [1.54, 1.807) is 11.1 Å². The van der Waals surface area contributed by atoms with Gasteiger partial charge in [0.05, 0.1) is 0 Å². The number of hydrogen-bond acceptors (Lipinski definition) is 0. The molecule has 0 aliphatic heterocycles. The largest absolute Gasteiger partial charge is 0.0622 e. The highest BCUT2D eigenvalue weighted by Crippen LogP contribution is 2.39. The van der Waals surface area contributed by atoms with E-state index in [4.69, 9.17) is 0 Å². The Hall–Kier alpha value is -2.12. The summed E-state index contributed by atoms with van der Waals surface area (Å²) < 4.78 is 1.24. The van der Waals surface area contributed by atoms with Crippen molar-refractivity contribution in [3.8, 4) is 0 Å². The summed E-state index contributed by atoms with van der Waals surface area (Å²) >= 11 is 3.87. The molecule has 128 valence electrons. The molecule has 0 fully saturated rings. The van der Waals surface area contributed by atoms with E-state index in [1.807, 2.05) is 0 Å². The second-order valence-corrected chi connectivity index (χ2v) is 8.36. The van der Waals surface area contributed by atoms with Crippen molar-refractivity contribution in [2.24, 2.45) is 5.92 Å². The zero-order valence-electron chi connectivity index (χ0n) is 14.7. The molecule has 0 saturated heterocycles. The Labute approximate surface area is 163 Å². The van der Waals surface area contributed by atoms with Crippen LogP contribution in [0.1, 0.15) is 23.1 Å². The van der Waals surface area contributed by atoms with Gasteiger partial charge < -0.3 is 0 Å². The monoisotopic (exact) mass is 400 g/mol. The first kappa shape index (κ1) is 16.1. The molecule has 0 heterocycles. The van der Waals surface area contributed by atoms with Gasteiger partial charge in [0, 0.05) is 4.47 Å². The summed E-state index contributed by atoms with van der Waals surface area (Å²) in [6, 6.07) is 26.7. The minimum Gasteiger partial charge on any atom is -0.0622 e. The number of rotatable bonds is 2. The van der Waals surface area contributed by atoms with Crippen LogP contribution in [-0.2, 0) is 19.3 Å². The summed E-state index contributed by atoms with van der Waals surface area (Å²) in [4.78, 5) is 0. The lowest BCUT2D eigenvalue weighted by Gasteiger charge is -2.26. The molecule has 1 aliphatic rings. The van der Waals surface area contributed by atoms with E-state index in [1.165, 1.54) is 57.3 Å². The molecule has 26 heavy (non-hydrogen) atoms. The standard InChI is InChI=1S/C25H21Br/c26-24-16-19-8-4-5-9-21(19)23-13-11-20-15-18(10-12-22(20)25(23)24)14-17-6-2-1-3-7-17/h1-9,11,13,16,18H,10,12,14-15H2. The van der Waals surface area contributed by atoms with Crippen LogP contribution in [-0.4, -0.2) is 0 Å². The van der Waals surface area contributed by atoms with E-state index >= 15 is 0 Å². The van der Waals surface area contributed by atoms with Crippen molar-refractivity contribution in [1.82, 2.24) is 0 Å². The van der Waals surface area contributed by atoms with Gasteiger partial charge >= 0.3 is 0 Å². The van der Waals surface area contributed by atoms with Gasteiger partial charge in [0.2, 0.25) is 0 Å². The van der Waals surface area contributed by atoms with Crippen molar-refractivity contribution in [1.29, 1.82) is 0 Å². The maximum atomic E-state index is 3.87. The van der Waals surface area contributed by atoms with E-state index in [9.17, 15) is 0 Å². The van der Waals surface area contributed by atoms with Gasteiger partial charge in [0.25, 0.3) is 0 Å². The molecule has 0 nitrogen and oxygen atoms in total. The molecule has 0 N–H and O–H groups in total. The highest BCUT2D eigenvalue weighted by atomic mass is 79.9. The molecule has 5 rings (SSSR count). The first-order chi connectivity index (χ1) is 12.8. The van der Waals surface area contributed by atoms with Crippen molar-refractivity contribution in [2.75, 3.05) is 0 Å². The second-order valence-electron chi connectivity index (χ2n) is 7.50. The third-order valence-corrected chi connectivity index (χ3v) is 6.49. The average molecular weight is 401 g/mol. The van der Waals surface area contributed by atoms with Crippen LogP contribution in [0.25, 0.3) is 21.5 Å². The zero-order chi connectivity index (χ0) is 17.5. The van der Waals surface area contributed by atoms with Crippen LogP contribution >= 0.6 is 15.9 Å². The van der Waals surface area contributed by atoms with Crippen LogP contribution in [0, 0.1) is 5.92 Å². The highest BCUT2D eigenvalue weighted by Gasteiger charge is 2.22. The fraction of sp³-hybridized carbons (Fsp3) is 0.200. The molecule has 0 radical (unpaired) electrons. The lowest BCUT2D eigenvalue weighted by Crippen LogP contribution is -2.17. The number of fused-ring (bicyclic) bond motifs is 5. The highest BCUT2D eigenvalue weighted by molar-refractivity contribution is 9.10. The summed E-state index contributed by atoms with van der Waals surface area (Å²) in [6.07, 6.45) is 4.85. The smallest absolute Gasteiger partial charge is 0.0262 e. The zero-order valence-corrected chi connectivity index (χ0v) is 16.3. The molecule has 0 spiro atoms. The lowest BCUT2D eigenvalue weighted by molar-refractivity contribution is 0.457. The third kappa shape index (κ3) is 2.75. The predicted molar refractivity (Wildman–Crippen MR) is 115 cm³/mol. The Bertz CT molecular complexity index is 1100. The van der Waals surface area contributed by atoms with Crippen LogP contribution in [0.4, 0.5) is 0 Å². The Morgan fingerprint density at radius 1 is 0.846 bits per heavy atom. The molecule has 4 aromatic rings. The number of halogens is 1. The van der Waals surface area contributed by atoms with Crippen LogP contribution in [0.15, 0.2) is 77.3 Å². The van der Waals surface area contributed by atoms with E-state index in [-0.39, 0.29) is 0 Å². The molecule has 1 atom stereocenters. The number of aryl methyl sites for hydroxylation is 1. The lowest BCUT2D eigenvalue weighted by atomic mass is 9.79. The predicted octanol–water partition coefficient (Wildman–Crippen LogP) is 7.10. The Morgan fingerprint density at radius 3 is 2.54 bits per heavy atom. The van der Waals surface area contributed by atoms with Gasteiger partial charge in [-0.3, -0.25) is 0 Å². The van der Waals surface area contributed by atoms with Gasteiger partial charge in [-0.05, 0) is 75.9 Å². The Kier molecular flexibility index (Phi) is 4.05. The third-order valence-electron chi connectivity index (χ3n) is 5.86. The SMILES string of the molecule is Brc1cc2ccccc2c2ccc3c(c12)CCC(Cc1ccccc1)C3. The maximum absolute atomic E-state index is 3.87. The molecule has 0 aromatic heterocycles. The first-order valence-electron chi connectivity index (χ1n) is 9.45. The maximum Gasteiger partial charge on any atom is 0.0262 e. The first-order valence-corrected chi connectivity index (χ1v) is 10.2. The summed E-state index contributed by atoms with van der Waals surface area (Å²) in [5, 5.41) is 5.49. The van der Waals surface area contributed by atoms with Gasteiger partial charge in [-0.15, -0.1) is 0 Å². The van der Waals surface area contributed by atoms with Crippen LogP contribution < -0.4 is 0 Å². The molecule has 0 amide bonds. The van der Waals surface area contributed by atoms with E-state index in [0.29, 0.717) is 0 Å². The van der Waals surface area contributed by atoms with E-state index in [2.05, 4.69) is 88.7 Å². The minimum atomic E-state index is 0.751. The van der Waals surface area contributed by atoms with Crippen molar-refractivity contribution in [2.45, 2.75) is 25.7 Å². The Morgan fingerprint density at radius 2 is 1.65 bits per heavy atom. The van der Waals surface area contributed by atoms with Gasteiger partial charge in [0.1, 0.15) is 0 Å². The molecule has 1 aliphatic carbocycles. The number of hydrogen-bond donors (Lipinski definition) is 0. The van der Waals surface area contributed by atoms with Crippen LogP contribution in [0.3, 0.4) is 0 Å². The molecule has 0 saturated carbocycles. The topological polar surface area (TPSA) is 0 Å². The van der Waals surface area contributed by atoms with Gasteiger partial charge in [0.15, 0.2) is 0 Å². The van der Waals surface area contributed by atoms with Crippen molar-refractivity contribution >= 4 is 37.5 Å². The fourth-order valence-electron chi connectivity index (χ4n) is 4.63. The molecule has 4 aromatic carbocycles. The number of benzene rings is 4. The van der Waals surface area contributed by atoms with Gasteiger partial charge in [-0.1, -0.05) is 82.7 Å². The molecular weight excluding hydrogens is 380 g/mol. The molecule has 0 bridgehead atoms. The van der Waals surface area contributed by atoms with Crippen molar-refractivity contribution in [3.05, 3.63) is 94.0 Å². The molecule has 1 unspecified atom stereocenters. The second kappa shape index (κ2) is 6.55. The minimum absolute atomic E-state index is 0.751.